The van der Waals surface area contributed by atoms with Crippen molar-refractivity contribution in [2.45, 2.75) is 0 Å². The standard InChI is InChI=1S/C3H4N2.4ClH.Sn/c1-2-5-3-4-1;;;;;/h1,3H,2H2;4*1H;/q;;;;;+4/p-4. The van der Waals surface area contributed by atoms with Crippen molar-refractivity contribution in [1.29, 1.82) is 0 Å². The van der Waals surface area contributed by atoms with Crippen LogP contribution in [-0.4, -0.2) is 43.0 Å². The van der Waals surface area contributed by atoms with E-state index < -0.39 is 0 Å². The van der Waals surface area contributed by atoms with Crippen molar-refractivity contribution in [3.8, 4) is 0 Å². The first kappa shape index (κ1) is 30.2. The molecular weight excluding hydrogens is 325 g/mol. The second kappa shape index (κ2) is 22.4. The first-order valence-electron chi connectivity index (χ1n) is 1.50. The quantitative estimate of drug-likeness (QED) is 0.395. The fourth-order valence-corrected chi connectivity index (χ4v) is 0.236. The number of halogens is 4. The maximum atomic E-state index is 3.74. The van der Waals surface area contributed by atoms with E-state index >= 15 is 0 Å². The molecule has 0 N–H and O–H groups in total. The van der Waals surface area contributed by atoms with E-state index in [0.717, 1.165) is 6.54 Å². The van der Waals surface area contributed by atoms with Gasteiger partial charge < -0.3 is 49.6 Å². The van der Waals surface area contributed by atoms with Crippen LogP contribution in [0.3, 0.4) is 0 Å². The van der Waals surface area contributed by atoms with E-state index in [1.807, 2.05) is 0 Å². The van der Waals surface area contributed by atoms with Gasteiger partial charge in [0.25, 0.3) is 0 Å². The van der Waals surface area contributed by atoms with Gasteiger partial charge in [0.05, 0.1) is 6.54 Å². The van der Waals surface area contributed by atoms with Crippen LogP contribution >= 0.6 is 0 Å². The van der Waals surface area contributed by atoms with Gasteiger partial charge in [0.15, 0.2) is 0 Å². The van der Waals surface area contributed by atoms with Crippen LogP contribution in [0.2, 0.25) is 0 Å². The molecule has 0 unspecified atom stereocenters. The summed E-state index contributed by atoms with van der Waals surface area (Å²) in [6.07, 6.45) is 3.32. The third kappa shape index (κ3) is 16.1. The van der Waals surface area contributed by atoms with Crippen LogP contribution in [0.25, 0.3) is 0 Å². The molecule has 0 spiro atoms. The van der Waals surface area contributed by atoms with Crippen LogP contribution in [0.4, 0.5) is 0 Å². The molecule has 0 atom stereocenters. The first-order valence-corrected chi connectivity index (χ1v) is 1.50. The molecule has 0 saturated carbocycles. The number of aliphatic imine (C=N–C) groups is 2. The molecule has 0 bridgehead atoms. The van der Waals surface area contributed by atoms with Gasteiger partial charge in [-0.15, -0.1) is 0 Å². The minimum Gasteiger partial charge on any atom is -1.00 e. The summed E-state index contributed by atoms with van der Waals surface area (Å²) in [6, 6.07) is 0. The van der Waals surface area contributed by atoms with Gasteiger partial charge in [-0.05, 0) is 0 Å². The van der Waals surface area contributed by atoms with Crippen molar-refractivity contribution in [3.05, 3.63) is 0 Å². The normalized spacial score (nSPS) is 8.80. The molecule has 7 heteroatoms. The van der Waals surface area contributed by atoms with Crippen LogP contribution < -0.4 is 49.6 Å². The molecule has 1 aliphatic heterocycles. The van der Waals surface area contributed by atoms with Crippen LogP contribution in [0.5, 0.6) is 0 Å². The number of hydrogen-bond acceptors (Lipinski definition) is 2. The molecule has 0 amide bonds. The summed E-state index contributed by atoms with van der Waals surface area (Å²) in [5, 5.41) is 0. The van der Waals surface area contributed by atoms with Crippen molar-refractivity contribution >= 4 is 36.5 Å². The summed E-state index contributed by atoms with van der Waals surface area (Å²) in [7, 11) is 0. The summed E-state index contributed by atoms with van der Waals surface area (Å²) in [6.45, 7) is 0.778. The van der Waals surface area contributed by atoms with Gasteiger partial charge in [-0.2, -0.15) is 0 Å². The fourth-order valence-electron chi connectivity index (χ4n) is 0.236. The minimum absolute atomic E-state index is 0. The summed E-state index contributed by atoms with van der Waals surface area (Å²) in [5.41, 5.74) is 0. The average molecular weight is 329 g/mol. The Hall–Kier alpha value is 1.30. The van der Waals surface area contributed by atoms with Gasteiger partial charge >= 0.3 is 23.9 Å². The largest absolute Gasteiger partial charge is 4.00 e. The molecule has 2 nitrogen and oxygen atoms in total. The fraction of sp³-hybridized carbons (Fsp3) is 0.333. The van der Waals surface area contributed by atoms with Crippen molar-refractivity contribution < 1.29 is 49.6 Å². The van der Waals surface area contributed by atoms with Crippen LogP contribution in [0.15, 0.2) is 9.98 Å². The molecule has 0 aromatic heterocycles. The zero-order chi connectivity index (χ0) is 3.54. The summed E-state index contributed by atoms with van der Waals surface area (Å²) < 4.78 is 0. The molecule has 0 aromatic rings. The number of nitrogens with zero attached hydrogens (tertiary/aromatic N) is 2. The van der Waals surface area contributed by atoms with E-state index in [1.54, 1.807) is 12.6 Å². The SMILES string of the molecule is C1=NC=NC1.[Cl-].[Cl-].[Cl-].[Cl-].[Sn+4]. The summed E-state index contributed by atoms with van der Waals surface area (Å²) in [5.74, 6) is 0. The van der Waals surface area contributed by atoms with Crippen molar-refractivity contribution in [3.63, 3.8) is 0 Å². The van der Waals surface area contributed by atoms with Crippen LogP contribution in [0.1, 0.15) is 0 Å². The van der Waals surface area contributed by atoms with Crippen molar-refractivity contribution in [2.24, 2.45) is 9.98 Å². The Morgan fingerprint density at radius 3 is 1.60 bits per heavy atom. The molecule has 0 aliphatic carbocycles. The third-order valence-electron chi connectivity index (χ3n) is 0.441. The van der Waals surface area contributed by atoms with E-state index in [4.69, 9.17) is 0 Å². The van der Waals surface area contributed by atoms with E-state index in [0.29, 0.717) is 0 Å². The Morgan fingerprint density at radius 2 is 1.50 bits per heavy atom. The maximum absolute atomic E-state index is 3.74. The predicted molar refractivity (Wildman–Crippen MR) is 27.6 cm³/mol. The Labute approximate surface area is 102 Å². The maximum Gasteiger partial charge on any atom is 4.00 e. The zero-order valence-electron chi connectivity index (χ0n) is 4.77. The molecule has 0 saturated heterocycles. The first-order chi connectivity index (χ1) is 2.50. The van der Waals surface area contributed by atoms with Crippen LogP contribution in [-0.2, 0) is 0 Å². The molecule has 1 aliphatic rings. The third-order valence-corrected chi connectivity index (χ3v) is 0.441. The number of rotatable bonds is 0. The molecule has 0 aromatic carbocycles. The summed E-state index contributed by atoms with van der Waals surface area (Å²) >= 11 is 0. The Kier molecular flexibility index (Phi) is 67.8. The van der Waals surface area contributed by atoms with Gasteiger partial charge in [0.1, 0.15) is 6.34 Å². The topological polar surface area (TPSA) is 24.7 Å². The van der Waals surface area contributed by atoms with Crippen molar-refractivity contribution in [2.75, 3.05) is 6.54 Å². The second-order valence-corrected chi connectivity index (χ2v) is 0.812. The Bertz CT molecular complexity index is 76.6. The molecule has 0 fully saturated rings. The van der Waals surface area contributed by atoms with E-state index in [-0.39, 0.29) is 73.5 Å². The van der Waals surface area contributed by atoms with E-state index in [2.05, 4.69) is 9.98 Å². The smallest absolute Gasteiger partial charge is 1.00 e. The average Bonchev–Trinajstić information content (AvgIpc) is 1.76. The monoisotopic (exact) mass is 328 g/mol. The molecule has 1 rings (SSSR count). The van der Waals surface area contributed by atoms with Gasteiger partial charge in [0.2, 0.25) is 0 Å². The van der Waals surface area contributed by atoms with Crippen LogP contribution in [0, 0.1) is 0 Å². The summed E-state index contributed by atoms with van der Waals surface area (Å²) in [4.78, 5) is 7.40. The van der Waals surface area contributed by atoms with Gasteiger partial charge in [-0.1, -0.05) is 0 Å². The molecule has 1 heterocycles. The van der Waals surface area contributed by atoms with Gasteiger partial charge in [-0.25, -0.2) is 4.99 Å². The van der Waals surface area contributed by atoms with E-state index in [1.165, 1.54) is 0 Å². The number of hydrogen-bond donors (Lipinski definition) is 0. The zero-order valence-corrected chi connectivity index (χ0v) is 10.6. The van der Waals surface area contributed by atoms with E-state index in [9.17, 15) is 0 Å². The molecule has 10 heavy (non-hydrogen) atoms. The van der Waals surface area contributed by atoms with Gasteiger partial charge in [-0.3, -0.25) is 4.99 Å². The second-order valence-electron chi connectivity index (χ2n) is 0.812. The molecule has 0 radical (unpaired) electrons. The van der Waals surface area contributed by atoms with Crippen molar-refractivity contribution in [1.82, 2.24) is 0 Å². The minimum atomic E-state index is 0. The Morgan fingerprint density at radius 1 is 1.00 bits per heavy atom. The van der Waals surface area contributed by atoms with Gasteiger partial charge in [0, 0.05) is 6.21 Å². The Balaban J connectivity index is -0.0000000167. The predicted octanol–water partition coefficient (Wildman–Crippen LogP) is -12.3. The molecular formula is C3H4Cl4N2Sn. The molecule has 58 valence electrons.